The van der Waals surface area contributed by atoms with E-state index in [1.807, 2.05) is 20.8 Å². The molecule has 0 aliphatic heterocycles. The second kappa shape index (κ2) is 9.05. The van der Waals surface area contributed by atoms with Gasteiger partial charge in [0.2, 0.25) is 0 Å². The molecule has 4 nitrogen and oxygen atoms in total. The van der Waals surface area contributed by atoms with Crippen molar-refractivity contribution in [2.75, 3.05) is 25.4 Å². The first-order valence-corrected chi connectivity index (χ1v) is 10.4. The van der Waals surface area contributed by atoms with Gasteiger partial charge in [-0.15, -0.1) is 0 Å². The normalized spacial score (nSPS) is 19.3. The van der Waals surface area contributed by atoms with Crippen LogP contribution in [0.2, 0.25) is 0 Å². The minimum atomic E-state index is -0.822. The molecule has 1 rings (SSSR count). The van der Waals surface area contributed by atoms with Crippen LogP contribution >= 0.6 is 0 Å². The fourth-order valence-corrected chi connectivity index (χ4v) is 4.03. The van der Waals surface area contributed by atoms with E-state index in [0.29, 0.717) is 17.7 Å². The molecule has 0 amide bonds. The molecule has 0 spiro atoms. The Bertz CT molecular complexity index is 409. The van der Waals surface area contributed by atoms with Crippen molar-refractivity contribution in [3.05, 3.63) is 0 Å². The maximum absolute atomic E-state index is 12.1. The van der Waals surface area contributed by atoms with E-state index >= 15 is 0 Å². The number of guanidine groups is 1. The minimum Gasteiger partial charge on any atom is -0.357 e. The van der Waals surface area contributed by atoms with Crippen molar-refractivity contribution in [3.8, 4) is 0 Å². The SMILES string of the molecule is CCNC(=NCC1(CC(C)C)CCC1)NCCS(=O)C(C)(C)C. The van der Waals surface area contributed by atoms with Crippen LogP contribution in [0.1, 0.15) is 67.2 Å². The maximum atomic E-state index is 12.1. The topological polar surface area (TPSA) is 53.5 Å². The number of rotatable bonds is 8. The number of hydrogen-bond donors (Lipinski definition) is 2. The summed E-state index contributed by atoms with van der Waals surface area (Å²) in [5.74, 6) is 2.26. The van der Waals surface area contributed by atoms with Crippen LogP contribution in [0.3, 0.4) is 0 Å². The van der Waals surface area contributed by atoms with Crippen LogP contribution in [0.15, 0.2) is 4.99 Å². The molecule has 0 aromatic carbocycles. The van der Waals surface area contributed by atoms with Gasteiger partial charge in [0.15, 0.2) is 5.96 Å². The Kier molecular flexibility index (Phi) is 8.05. The van der Waals surface area contributed by atoms with E-state index in [-0.39, 0.29) is 4.75 Å². The van der Waals surface area contributed by atoms with Crippen molar-refractivity contribution < 1.29 is 4.21 Å². The lowest BCUT2D eigenvalue weighted by Crippen LogP contribution is -2.42. The highest BCUT2D eigenvalue weighted by atomic mass is 32.2. The van der Waals surface area contributed by atoms with E-state index < -0.39 is 10.8 Å². The van der Waals surface area contributed by atoms with Gasteiger partial charge < -0.3 is 10.6 Å². The molecule has 0 saturated heterocycles. The third-order valence-corrected chi connectivity index (χ3v) is 6.38. The molecule has 0 radical (unpaired) electrons. The van der Waals surface area contributed by atoms with Gasteiger partial charge in [0.1, 0.15) is 0 Å². The molecule has 1 unspecified atom stereocenters. The highest BCUT2D eigenvalue weighted by molar-refractivity contribution is 7.86. The predicted octanol–water partition coefficient (Wildman–Crippen LogP) is 3.31. The van der Waals surface area contributed by atoms with Gasteiger partial charge >= 0.3 is 0 Å². The van der Waals surface area contributed by atoms with Gasteiger partial charge in [0, 0.05) is 40.9 Å². The Labute approximate surface area is 145 Å². The average molecular weight is 344 g/mol. The summed E-state index contributed by atoms with van der Waals surface area (Å²) >= 11 is 0. The average Bonchev–Trinajstić information content (AvgIpc) is 2.39. The van der Waals surface area contributed by atoms with Gasteiger partial charge in [-0.3, -0.25) is 9.20 Å². The monoisotopic (exact) mass is 343 g/mol. The van der Waals surface area contributed by atoms with Gasteiger partial charge in [-0.05, 0) is 58.3 Å². The van der Waals surface area contributed by atoms with E-state index in [0.717, 1.165) is 25.0 Å². The van der Waals surface area contributed by atoms with E-state index in [1.165, 1.54) is 25.7 Å². The Balaban J connectivity index is 2.51. The Morgan fingerprint density at radius 3 is 2.35 bits per heavy atom. The number of nitrogens with zero attached hydrogens (tertiary/aromatic N) is 1. The van der Waals surface area contributed by atoms with E-state index in [4.69, 9.17) is 4.99 Å². The molecule has 1 atom stereocenters. The molecule has 1 aliphatic carbocycles. The van der Waals surface area contributed by atoms with Gasteiger partial charge in [0.25, 0.3) is 0 Å². The zero-order chi connectivity index (χ0) is 17.5. The number of hydrogen-bond acceptors (Lipinski definition) is 2. The third kappa shape index (κ3) is 7.23. The summed E-state index contributed by atoms with van der Waals surface area (Å²) in [6.45, 7) is 15.2. The second-order valence-corrected chi connectivity index (χ2v) is 10.6. The molecule has 1 aliphatic rings. The molecule has 5 heteroatoms. The first kappa shape index (κ1) is 20.5. The predicted molar refractivity (Wildman–Crippen MR) is 102 cm³/mol. The molecular formula is C18H37N3OS. The van der Waals surface area contributed by atoms with Crippen LogP contribution < -0.4 is 10.6 Å². The summed E-state index contributed by atoms with van der Waals surface area (Å²) in [4.78, 5) is 4.82. The standard InChI is InChI=1S/C18H37N3OS/c1-7-19-16(20-11-12-23(22)17(4,5)6)21-14-18(9-8-10-18)13-15(2)3/h15H,7-14H2,1-6H3,(H2,19,20,21). The van der Waals surface area contributed by atoms with Crippen molar-refractivity contribution in [3.63, 3.8) is 0 Å². The summed E-state index contributed by atoms with van der Waals surface area (Å²) in [6.07, 6.45) is 5.23. The number of aliphatic imine (C=N–C) groups is 1. The van der Waals surface area contributed by atoms with Crippen LogP contribution in [-0.4, -0.2) is 40.3 Å². The quantitative estimate of drug-likeness (QED) is 0.525. The molecule has 1 saturated carbocycles. The summed E-state index contributed by atoms with van der Waals surface area (Å²) in [5.41, 5.74) is 0.421. The Morgan fingerprint density at radius 1 is 1.26 bits per heavy atom. The second-order valence-electron chi connectivity index (χ2n) is 8.24. The lowest BCUT2D eigenvalue weighted by atomic mass is 9.64. The van der Waals surface area contributed by atoms with Crippen LogP contribution in [0.25, 0.3) is 0 Å². The summed E-state index contributed by atoms with van der Waals surface area (Å²) in [6, 6.07) is 0. The van der Waals surface area contributed by atoms with E-state index in [2.05, 4.69) is 31.4 Å². The third-order valence-electron chi connectivity index (χ3n) is 4.44. The molecular weight excluding hydrogens is 306 g/mol. The largest absolute Gasteiger partial charge is 0.357 e. The van der Waals surface area contributed by atoms with Crippen molar-refractivity contribution in [2.45, 2.75) is 72.0 Å². The highest BCUT2D eigenvalue weighted by Gasteiger charge is 2.37. The van der Waals surface area contributed by atoms with Crippen molar-refractivity contribution in [1.82, 2.24) is 10.6 Å². The molecule has 23 heavy (non-hydrogen) atoms. The van der Waals surface area contributed by atoms with Crippen molar-refractivity contribution in [2.24, 2.45) is 16.3 Å². The lowest BCUT2D eigenvalue weighted by molar-refractivity contribution is 0.111. The fourth-order valence-electron chi connectivity index (χ4n) is 3.13. The minimum absolute atomic E-state index is 0.148. The van der Waals surface area contributed by atoms with Gasteiger partial charge in [-0.1, -0.05) is 20.3 Å². The van der Waals surface area contributed by atoms with Gasteiger partial charge in [0.05, 0.1) is 0 Å². The van der Waals surface area contributed by atoms with E-state index in [9.17, 15) is 4.21 Å². The molecule has 136 valence electrons. The molecule has 1 fully saturated rings. The zero-order valence-corrected chi connectivity index (χ0v) is 16.8. The van der Waals surface area contributed by atoms with Gasteiger partial charge in [-0.25, -0.2) is 0 Å². The molecule has 0 heterocycles. The fraction of sp³-hybridized carbons (Fsp3) is 0.944. The molecule has 0 bridgehead atoms. The van der Waals surface area contributed by atoms with Crippen molar-refractivity contribution >= 4 is 16.8 Å². The maximum Gasteiger partial charge on any atom is 0.191 e. The summed E-state index contributed by atoms with van der Waals surface area (Å²) < 4.78 is 12.0. The van der Waals surface area contributed by atoms with Crippen LogP contribution in [0.4, 0.5) is 0 Å². The Hall–Kier alpha value is -0.580. The smallest absolute Gasteiger partial charge is 0.191 e. The van der Waals surface area contributed by atoms with Crippen LogP contribution in [0, 0.1) is 11.3 Å². The summed E-state index contributed by atoms with van der Waals surface area (Å²) in [7, 11) is -0.822. The van der Waals surface area contributed by atoms with Gasteiger partial charge in [-0.2, -0.15) is 0 Å². The molecule has 2 N–H and O–H groups in total. The number of nitrogens with one attached hydrogen (secondary N) is 2. The van der Waals surface area contributed by atoms with E-state index in [1.54, 1.807) is 0 Å². The van der Waals surface area contributed by atoms with Crippen LogP contribution in [0.5, 0.6) is 0 Å². The molecule has 0 aromatic heterocycles. The Morgan fingerprint density at radius 2 is 1.91 bits per heavy atom. The molecule has 0 aromatic rings. The first-order valence-electron chi connectivity index (χ1n) is 9.09. The van der Waals surface area contributed by atoms with Crippen LogP contribution in [-0.2, 0) is 10.8 Å². The first-order chi connectivity index (χ1) is 10.7. The zero-order valence-electron chi connectivity index (χ0n) is 16.0. The highest BCUT2D eigenvalue weighted by Crippen LogP contribution is 2.46. The lowest BCUT2D eigenvalue weighted by Gasteiger charge is -2.42. The van der Waals surface area contributed by atoms with Crippen molar-refractivity contribution in [1.29, 1.82) is 0 Å². The summed E-state index contributed by atoms with van der Waals surface area (Å²) in [5, 5.41) is 6.65.